The monoisotopic (exact) mass is 461 g/mol. The fourth-order valence-corrected chi connectivity index (χ4v) is 3.23. The third-order valence-electron chi connectivity index (χ3n) is 4.47. The van der Waals surface area contributed by atoms with Crippen molar-refractivity contribution in [1.29, 1.82) is 0 Å². The summed E-state index contributed by atoms with van der Waals surface area (Å²) in [7, 11) is 0. The van der Waals surface area contributed by atoms with Crippen LogP contribution >= 0.6 is 0 Å². The van der Waals surface area contributed by atoms with Crippen LogP contribution in [0, 0.1) is 0 Å². The van der Waals surface area contributed by atoms with Gasteiger partial charge in [0.05, 0.1) is 6.61 Å². The van der Waals surface area contributed by atoms with Gasteiger partial charge in [0.15, 0.2) is 0 Å². The Bertz CT molecular complexity index is 852. The van der Waals surface area contributed by atoms with Crippen LogP contribution in [0.3, 0.4) is 0 Å². The van der Waals surface area contributed by atoms with Gasteiger partial charge in [0.2, 0.25) is 11.8 Å². The molecule has 2 atom stereocenters. The number of aliphatic hydroxyl groups is 1. The second kappa shape index (κ2) is 11.3. The van der Waals surface area contributed by atoms with Gasteiger partial charge in [-0.3, -0.25) is 9.59 Å². The molecule has 33 heavy (non-hydrogen) atoms. The maximum Gasteiger partial charge on any atom is 0.408 e. The number of nitrogens with one attached hydrogen (secondary N) is 2. The van der Waals surface area contributed by atoms with Crippen molar-refractivity contribution >= 4 is 24.0 Å². The first-order valence-corrected chi connectivity index (χ1v) is 11.1. The topological polar surface area (TPSA) is 108 Å². The molecular weight excluding hydrogens is 422 g/mol. The number of ether oxygens (including phenoxy) is 1. The average Bonchev–Trinajstić information content (AvgIpc) is 2.66. The molecule has 8 heteroatoms. The number of hydrogen-bond donors (Lipinski definition) is 3. The lowest BCUT2D eigenvalue weighted by Crippen LogP contribution is -2.57. The molecule has 0 spiro atoms. The molecule has 8 nitrogen and oxygen atoms in total. The molecule has 0 aromatic heterocycles. The van der Waals surface area contributed by atoms with Gasteiger partial charge in [-0.05, 0) is 72.6 Å². The maximum atomic E-state index is 13.6. The minimum atomic E-state index is -1.28. The molecule has 2 unspecified atom stereocenters. The predicted octanol–water partition coefficient (Wildman–Crippen LogP) is 3.41. The lowest BCUT2D eigenvalue weighted by Gasteiger charge is -2.38. The Labute approximate surface area is 197 Å². The molecule has 3 amide bonds. The summed E-state index contributed by atoms with van der Waals surface area (Å²) < 4.78 is 5.23. The number of benzene rings is 1. The van der Waals surface area contributed by atoms with Crippen molar-refractivity contribution in [3.05, 3.63) is 42.0 Å². The third kappa shape index (κ3) is 8.88. The fraction of sp³-hybridized carbons (Fsp3) is 0.560. The van der Waals surface area contributed by atoms with E-state index in [1.54, 1.807) is 58.9 Å². The Morgan fingerprint density at radius 2 is 1.76 bits per heavy atom. The van der Waals surface area contributed by atoms with Gasteiger partial charge in [0, 0.05) is 11.6 Å². The van der Waals surface area contributed by atoms with E-state index in [9.17, 15) is 19.5 Å². The number of aliphatic hydroxyl groups excluding tert-OH is 1. The van der Waals surface area contributed by atoms with Crippen LogP contribution in [0.15, 0.2) is 30.8 Å². The molecule has 1 rings (SSSR count). The quantitative estimate of drug-likeness (QED) is 0.550. The summed E-state index contributed by atoms with van der Waals surface area (Å²) in [6.07, 6.45) is 0.826. The standard InChI is InChI=1S/C25H39N3O5/c1-10-17-12-11-13-18(14-17)20(21(30)27-24(4,5)6)28(16(2)3)22(31)19(15-29)26-23(32)33-25(7,8)9/h10-14,16,19-20,29H,1,15H2,2-9H3,(H,26,32)(H,27,30). The van der Waals surface area contributed by atoms with Crippen LogP contribution < -0.4 is 10.6 Å². The Balaban J connectivity index is 3.44. The smallest absolute Gasteiger partial charge is 0.408 e. The highest BCUT2D eigenvalue weighted by Gasteiger charge is 2.38. The first-order valence-electron chi connectivity index (χ1n) is 11.1. The SMILES string of the molecule is C=Cc1cccc(C(C(=O)NC(C)(C)C)N(C(=O)C(CO)NC(=O)OC(C)(C)C)C(C)C)c1. The van der Waals surface area contributed by atoms with Crippen molar-refractivity contribution in [2.24, 2.45) is 0 Å². The molecule has 0 aliphatic carbocycles. The number of amides is 3. The van der Waals surface area contributed by atoms with E-state index in [1.165, 1.54) is 4.90 Å². The Hall–Kier alpha value is -2.87. The Morgan fingerprint density at radius 3 is 2.21 bits per heavy atom. The Kier molecular flexibility index (Phi) is 9.66. The van der Waals surface area contributed by atoms with E-state index < -0.39 is 47.9 Å². The maximum absolute atomic E-state index is 13.6. The third-order valence-corrected chi connectivity index (χ3v) is 4.47. The van der Waals surface area contributed by atoms with Crippen molar-refractivity contribution < 1.29 is 24.2 Å². The van der Waals surface area contributed by atoms with E-state index in [4.69, 9.17) is 4.74 Å². The first kappa shape index (κ1) is 28.2. The summed E-state index contributed by atoms with van der Waals surface area (Å²) in [6.45, 7) is 17.3. The van der Waals surface area contributed by atoms with E-state index in [-0.39, 0.29) is 5.91 Å². The second-order valence-electron chi connectivity index (χ2n) is 10.2. The van der Waals surface area contributed by atoms with E-state index in [0.717, 1.165) is 5.56 Å². The molecule has 1 aromatic carbocycles. The van der Waals surface area contributed by atoms with Crippen LogP contribution in [-0.2, 0) is 14.3 Å². The van der Waals surface area contributed by atoms with Gasteiger partial charge in [-0.25, -0.2) is 4.79 Å². The van der Waals surface area contributed by atoms with Crippen LogP contribution in [0.1, 0.15) is 72.6 Å². The molecule has 0 radical (unpaired) electrons. The number of carbonyl (C=O) groups is 3. The fourth-order valence-electron chi connectivity index (χ4n) is 3.23. The van der Waals surface area contributed by atoms with Crippen LogP contribution in [-0.4, -0.2) is 57.7 Å². The molecule has 0 saturated heterocycles. The minimum absolute atomic E-state index is 0.375. The number of rotatable bonds is 8. The summed E-state index contributed by atoms with van der Waals surface area (Å²) in [5, 5.41) is 15.3. The molecular formula is C25H39N3O5. The highest BCUT2D eigenvalue weighted by atomic mass is 16.6. The molecule has 184 valence electrons. The van der Waals surface area contributed by atoms with Gasteiger partial charge in [-0.15, -0.1) is 0 Å². The normalized spacial score (nSPS) is 13.6. The van der Waals surface area contributed by atoms with Crippen molar-refractivity contribution in [3.63, 3.8) is 0 Å². The van der Waals surface area contributed by atoms with Gasteiger partial charge in [0.25, 0.3) is 0 Å². The number of alkyl carbamates (subject to hydrolysis) is 1. The van der Waals surface area contributed by atoms with Crippen molar-refractivity contribution in [3.8, 4) is 0 Å². The van der Waals surface area contributed by atoms with E-state index >= 15 is 0 Å². The number of carbonyl (C=O) groups excluding carboxylic acids is 3. The summed E-state index contributed by atoms with van der Waals surface area (Å²) >= 11 is 0. The van der Waals surface area contributed by atoms with Crippen LogP contribution in [0.2, 0.25) is 0 Å². The Morgan fingerprint density at radius 1 is 1.15 bits per heavy atom. The second-order valence-corrected chi connectivity index (χ2v) is 10.2. The highest BCUT2D eigenvalue weighted by Crippen LogP contribution is 2.27. The van der Waals surface area contributed by atoms with Gasteiger partial charge in [0.1, 0.15) is 17.7 Å². The van der Waals surface area contributed by atoms with Crippen LogP contribution in [0.5, 0.6) is 0 Å². The first-order chi connectivity index (χ1) is 15.1. The average molecular weight is 462 g/mol. The molecule has 0 aliphatic rings. The van der Waals surface area contributed by atoms with Crippen molar-refractivity contribution in [1.82, 2.24) is 15.5 Å². The molecule has 3 N–H and O–H groups in total. The summed E-state index contributed by atoms with van der Waals surface area (Å²) in [6, 6.07) is 4.48. The van der Waals surface area contributed by atoms with Crippen LogP contribution in [0.25, 0.3) is 6.08 Å². The number of hydrogen-bond acceptors (Lipinski definition) is 5. The van der Waals surface area contributed by atoms with Gasteiger partial charge in [-0.2, -0.15) is 0 Å². The lowest BCUT2D eigenvalue weighted by atomic mass is 9.98. The van der Waals surface area contributed by atoms with E-state index in [1.807, 2.05) is 26.8 Å². The summed E-state index contributed by atoms with van der Waals surface area (Å²) in [4.78, 5) is 40.6. The molecule has 0 saturated carbocycles. The zero-order valence-electron chi connectivity index (χ0n) is 21.1. The van der Waals surface area contributed by atoms with Crippen molar-refractivity contribution in [2.45, 2.75) is 84.7 Å². The molecule has 0 fully saturated rings. The summed E-state index contributed by atoms with van der Waals surface area (Å²) in [5.41, 5.74) is 0.0702. The molecule has 0 aliphatic heterocycles. The molecule has 0 heterocycles. The van der Waals surface area contributed by atoms with Gasteiger partial charge >= 0.3 is 6.09 Å². The van der Waals surface area contributed by atoms with Crippen LogP contribution in [0.4, 0.5) is 4.79 Å². The molecule has 0 bridgehead atoms. The zero-order valence-corrected chi connectivity index (χ0v) is 21.1. The van der Waals surface area contributed by atoms with E-state index in [0.29, 0.717) is 5.56 Å². The predicted molar refractivity (Wildman–Crippen MR) is 129 cm³/mol. The number of nitrogens with zero attached hydrogens (tertiary/aromatic N) is 1. The van der Waals surface area contributed by atoms with Gasteiger partial charge in [-0.1, -0.05) is 30.9 Å². The minimum Gasteiger partial charge on any atom is -0.444 e. The zero-order chi connectivity index (χ0) is 25.6. The van der Waals surface area contributed by atoms with Gasteiger partial charge < -0.3 is 25.4 Å². The van der Waals surface area contributed by atoms with E-state index in [2.05, 4.69) is 17.2 Å². The summed E-state index contributed by atoms with van der Waals surface area (Å²) in [5.74, 6) is -0.976. The largest absolute Gasteiger partial charge is 0.444 e. The van der Waals surface area contributed by atoms with Crippen molar-refractivity contribution in [2.75, 3.05) is 6.61 Å². The highest BCUT2D eigenvalue weighted by molar-refractivity contribution is 5.92. The molecule has 1 aromatic rings. The lowest BCUT2D eigenvalue weighted by molar-refractivity contribution is -0.145.